The molecule has 1 aliphatic heterocycles. The Morgan fingerprint density at radius 3 is 2.53 bits per heavy atom. The molecular formula is C12H16IN3O. The van der Waals surface area contributed by atoms with E-state index in [9.17, 15) is 4.79 Å². The average molecular weight is 345 g/mol. The van der Waals surface area contributed by atoms with Gasteiger partial charge in [0.1, 0.15) is 0 Å². The first-order valence-electron chi connectivity index (χ1n) is 5.67. The molecule has 0 saturated carbocycles. The first kappa shape index (κ1) is 12.5. The zero-order valence-corrected chi connectivity index (χ0v) is 11.7. The van der Waals surface area contributed by atoms with Gasteiger partial charge >= 0.3 is 0 Å². The molecule has 2 rings (SSSR count). The summed E-state index contributed by atoms with van der Waals surface area (Å²) in [6.07, 6.45) is 1.64. The second-order valence-electron chi connectivity index (χ2n) is 4.37. The molecule has 0 bridgehead atoms. The van der Waals surface area contributed by atoms with Gasteiger partial charge in [-0.15, -0.1) is 0 Å². The number of hydrogen-bond acceptors (Lipinski definition) is 3. The molecule has 1 aliphatic rings. The Bertz CT molecular complexity index is 428. The third kappa shape index (κ3) is 2.83. The van der Waals surface area contributed by atoms with Crippen molar-refractivity contribution in [3.63, 3.8) is 0 Å². The van der Waals surface area contributed by atoms with Gasteiger partial charge < -0.3 is 16.4 Å². The molecule has 4 N–H and O–H groups in total. The molecule has 1 fully saturated rings. The van der Waals surface area contributed by atoms with E-state index in [2.05, 4.69) is 27.5 Å². The van der Waals surface area contributed by atoms with Crippen molar-refractivity contribution in [2.75, 3.05) is 23.7 Å². The lowest BCUT2D eigenvalue weighted by Crippen LogP contribution is -2.38. The Hall–Kier alpha value is -0.980. The van der Waals surface area contributed by atoms with Crippen molar-refractivity contribution in [1.29, 1.82) is 0 Å². The van der Waals surface area contributed by atoms with Gasteiger partial charge in [-0.1, -0.05) is 0 Å². The number of halogens is 1. The van der Waals surface area contributed by atoms with Crippen LogP contribution >= 0.6 is 22.6 Å². The van der Waals surface area contributed by atoms with Crippen LogP contribution in [0.2, 0.25) is 0 Å². The van der Waals surface area contributed by atoms with Gasteiger partial charge in [0.2, 0.25) is 5.91 Å². The fraction of sp³-hybridized carbons (Fsp3) is 0.417. The number of anilines is 2. The van der Waals surface area contributed by atoms with E-state index in [4.69, 9.17) is 11.5 Å². The number of hydrogen-bond donors (Lipinski definition) is 2. The van der Waals surface area contributed by atoms with Gasteiger partial charge in [-0.05, 0) is 53.6 Å². The summed E-state index contributed by atoms with van der Waals surface area (Å²) in [4.78, 5) is 13.3. The Morgan fingerprint density at radius 2 is 2.00 bits per heavy atom. The predicted octanol–water partition coefficient (Wildman–Crippen LogP) is 1.58. The molecule has 17 heavy (non-hydrogen) atoms. The van der Waals surface area contributed by atoms with Crippen LogP contribution in [-0.2, 0) is 4.79 Å². The van der Waals surface area contributed by atoms with Gasteiger partial charge in [-0.2, -0.15) is 0 Å². The van der Waals surface area contributed by atoms with E-state index in [0.717, 1.165) is 40.9 Å². The number of primary amides is 1. The van der Waals surface area contributed by atoms with Crippen LogP contribution in [-0.4, -0.2) is 19.0 Å². The molecule has 1 saturated heterocycles. The van der Waals surface area contributed by atoms with Crippen molar-refractivity contribution in [1.82, 2.24) is 0 Å². The highest BCUT2D eigenvalue weighted by molar-refractivity contribution is 14.1. The maximum absolute atomic E-state index is 11.1. The normalized spacial score (nSPS) is 17.1. The minimum atomic E-state index is -0.180. The van der Waals surface area contributed by atoms with Crippen LogP contribution in [0.1, 0.15) is 12.8 Å². The molecule has 0 unspecified atom stereocenters. The zero-order valence-electron chi connectivity index (χ0n) is 9.53. The third-order valence-electron chi connectivity index (χ3n) is 3.23. The molecule has 5 heteroatoms. The van der Waals surface area contributed by atoms with Crippen molar-refractivity contribution in [3.05, 3.63) is 21.8 Å². The van der Waals surface area contributed by atoms with Gasteiger partial charge in [-0.25, -0.2) is 0 Å². The maximum atomic E-state index is 11.1. The Labute approximate surface area is 114 Å². The van der Waals surface area contributed by atoms with Gasteiger partial charge in [-0.3, -0.25) is 4.79 Å². The fourth-order valence-corrected chi connectivity index (χ4v) is 2.73. The summed E-state index contributed by atoms with van der Waals surface area (Å²) >= 11 is 2.25. The van der Waals surface area contributed by atoms with E-state index in [1.165, 1.54) is 0 Å². The SMILES string of the molecule is NC(=O)C1CCN(c2ccc(I)cc2N)CC1. The van der Waals surface area contributed by atoms with Crippen LogP contribution in [0.25, 0.3) is 0 Å². The van der Waals surface area contributed by atoms with E-state index >= 15 is 0 Å². The fourth-order valence-electron chi connectivity index (χ4n) is 2.22. The van der Waals surface area contributed by atoms with Crippen LogP contribution in [0.15, 0.2) is 18.2 Å². The average Bonchev–Trinajstić information content (AvgIpc) is 2.29. The molecule has 1 aromatic carbocycles. The Balaban J connectivity index is 2.08. The highest BCUT2D eigenvalue weighted by atomic mass is 127. The number of rotatable bonds is 2. The number of piperidine rings is 1. The van der Waals surface area contributed by atoms with E-state index in [1.54, 1.807) is 0 Å². The van der Waals surface area contributed by atoms with Crippen LogP contribution in [0.5, 0.6) is 0 Å². The number of nitrogens with zero attached hydrogens (tertiary/aromatic N) is 1. The molecule has 0 aliphatic carbocycles. The smallest absolute Gasteiger partial charge is 0.220 e. The van der Waals surface area contributed by atoms with Gasteiger partial charge in [0, 0.05) is 22.6 Å². The zero-order chi connectivity index (χ0) is 12.4. The number of amides is 1. The highest BCUT2D eigenvalue weighted by Gasteiger charge is 2.23. The largest absolute Gasteiger partial charge is 0.397 e. The van der Waals surface area contributed by atoms with Gasteiger partial charge in [0.25, 0.3) is 0 Å². The van der Waals surface area contributed by atoms with Crippen molar-refractivity contribution in [3.8, 4) is 0 Å². The molecule has 0 spiro atoms. The molecule has 4 nitrogen and oxygen atoms in total. The second-order valence-corrected chi connectivity index (χ2v) is 5.61. The second kappa shape index (κ2) is 5.12. The molecule has 0 atom stereocenters. The van der Waals surface area contributed by atoms with Crippen LogP contribution in [0.3, 0.4) is 0 Å². The minimum absolute atomic E-state index is 0.0244. The number of nitrogen functional groups attached to an aromatic ring is 1. The molecule has 0 radical (unpaired) electrons. The number of carbonyl (C=O) groups excluding carboxylic acids is 1. The first-order chi connectivity index (χ1) is 8.08. The van der Waals surface area contributed by atoms with Crippen molar-refractivity contribution in [2.45, 2.75) is 12.8 Å². The van der Waals surface area contributed by atoms with Gasteiger partial charge in [0.05, 0.1) is 11.4 Å². The van der Waals surface area contributed by atoms with E-state index in [-0.39, 0.29) is 11.8 Å². The highest BCUT2D eigenvalue weighted by Crippen LogP contribution is 2.29. The summed E-state index contributed by atoms with van der Waals surface area (Å²) in [5.41, 5.74) is 13.2. The first-order valence-corrected chi connectivity index (χ1v) is 6.75. The quantitative estimate of drug-likeness (QED) is 0.631. The van der Waals surface area contributed by atoms with Crippen LogP contribution in [0.4, 0.5) is 11.4 Å². The third-order valence-corrected chi connectivity index (χ3v) is 3.90. The summed E-state index contributed by atoms with van der Waals surface area (Å²) in [6.45, 7) is 1.69. The van der Waals surface area contributed by atoms with E-state index < -0.39 is 0 Å². The molecule has 1 amide bonds. The van der Waals surface area contributed by atoms with E-state index in [0.29, 0.717) is 0 Å². The monoisotopic (exact) mass is 345 g/mol. The summed E-state index contributed by atoms with van der Waals surface area (Å²) in [5.74, 6) is -0.156. The van der Waals surface area contributed by atoms with Crippen LogP contribution in [0, 0.1) is 9.49 Å². The number of nitrogens with two attached hydrogens (primary N) is 2. The van der Waals surface area contributed by atoms with Gasteiger partial charge in [0.15, 0.2) is 0 Å². The number of carbonyl (C=O) groups is 1. The van der Waals surface area contributed by atoms with Crippen molar-refractivity contribution in [2.24, 2.45) is 11.7 Å². The topological polar surface area (TPSA) is 72.4 Å². The lowest BCUT2D eigenvalue weighted by molar-refractivity contribution is -0.122. The standard InChI is InChI=1S/C12H16IN3O/c13-9-1-2-11(10(14)7-9)16-5-3-8(4-6-16)12(15)17/h1-2,7-8H,3-6,14H2,(H2,15,17). The summed E-state index contributed by atoms with van der Waals surface area (Å²) in [7, 11) is 0. The molecule has 1 heterocycles. The summed E-state index contributed by atoms with van der Waals surface area (Å²) < 4.78 is 1.14. The van der Waals surface area contributed by atoms with Crippen LogP contribution < -0.4 is 16.4 Å². The summed E-state index contributed by atoms with van der Waals surface area (Å²) in [5, 5.41) is 0. The number of benzene rings is 1. The Morgan fingerprint density at radius 1 is 1.35 bits per heavy atom. The maximum Gasteiger partial charge on any atom is 0.220 e. The molecule has 92 valence electrons. The van der Waals surface area contributed by atoms with E-state index in [1.807, 2.05) is 18.2 Å². The minimum Gasteiger partial charge on any atom is -0.397 e. The predicted molar refractivity (Wildman–Crippen MR) is 77.7 cm³/mol. The Kier molecular flexibility index (Phi) is 3.76. The lowest BCUT2D eigenvalue weighted by atomic mass is 9.96. The lowest BCUT2D eigenvalue weighted by Gasteiger charge is -2.33. The summed E-state index contributed by atoms with van der Waals surface area (Å²) in [6, 6.07) is 6.06. The molecule has 1 aromatic rings. The van der Waals surface area contributed by atoms with Crippen molar-refractivity contribution >= 4 is 39.9 Å². The van der Waals surface area contributed by atoms with Crippen molar-refractivity contribution < 1.29 is 4.79 Å². The molecular weight excluding hydrogens is 329 g/mol. The molecule has 0 aromatic heterocycles.